The standard InChI is InChI=1S/C20H25N5O2S2/c1-4-24(5-2)19(27)13-28-20-23-16-7-6-15(12-17(16)29-20)22-18(26)8-10-25-11-9-21-14(25)3/h6-7,9,11-12H,4-5,8,10,13H2,1-3H3,(H,22,26). The monoisotopic (exact) mass is 431 g/mol. The Morgan fingerprint density at radius 1 is 1.28 bits per heavy atom. The number of nitrogens with one attached hydrogen (secondary N) is 1. The van der Waals surface area contributed by atoms with Crippen molar-refractivity contribution in [1.82, 2.24) is 19.4 Å². The molecule has 0 aliphatic rings. The molecule has 3 aromatic rings. The number of imidazole rings is 1. The molecule has 7 nitrogen and oxygen atoms in total. The van der Waals surface area contributed by atoms with Crippen molar-refractivity contribution in [3.8, 4) is 0 Å². The first-order valence-electron chi connectivity index (χ1n) is 9.59. The summed E-state index contributed by atoms with van der Waals surface area (Å²) in [7, 11) is 0. The molecular formula is C20H25N5O2S2. The Labute approximate surface area is 178 Å². The van der Waals surface area contributed by atoms with E-state index in [2.05, 4.69) is 15.3 Å². The lowest BCUT2D eigenvalue weighted by molar-refractivity contribution is -0.128. The third-order valence-electron chi connectivity index (χ3n) is 4.59. The van der Waals surface area contributed by atoms with Gasteiger partial charge in [0.05, 0.1) is 16.0 Å². The number of amides is 2. The number of aryl methyl sites for hydroxylation is 2. The van der Waals surface area contributed by atoms with Crippen LogP contribution in [0.4, 0.5) is 5.69 Å². The summed E-state index contributed by atoms with van der Waals surface area (Å²) in [4.78, 5) is 35.0. The summed E-state index contributed by atoms with van der Waals surface area (Å²) < 4.78 is 3.81. The Hall–Kier alpha value is -2.39. The summed E-state index contributed by atoms with van der Waals surface area (Å²) in [5.74, 6) is 1.37. The summed E-state index contributed by atoms with van der Waals surface area (Å²) in [5.41, 5.74) is 1.63. The highest BCUT2D eigenvalue weighted by Crippen LogP contribution is 2.31. The van der Waals surface area contributed by atoms with E-state index in [-0.39, 0.29) is 11.8 Å². The molecule has 9 heteroatoms. The highest BCUT2D eigenvalue weighted by Gasteiger charge is 2.13. The fourth-order valence-electron chi connectivity index (χ4n) is 2.92. The van der Waals surface area contributed by atoms with Gasteiger partial charge in [-0.25, -0.2) is 9.97 Å². The molecule has 0 aliphatic heterocycles. The molecule has 154 valence electrons. The van der Waals surface area contributed by atoms with Crippen LogP contribution in [-0.2, 0) is 16.1 Å². The number of anilines is 1. The maximum Gasteiger partial charge on any atom is 0.232 e. The molecule has 0 saturated heterocycles. The van der Waals surface area contributed by atoms with Crippen LogP contribution in [0.3, 0.4) is 0 Å². The SMILES string of the molecule is CCN(CC)C(=O)CSc1nc2ccc(NC(=O)CCn3ccnc3C)cc2s1. The van der Waals surface area contributed by atoms with Crippen LogP contribution in [0.2, 0.25) is 0 Å². The second kappa shape index (κ2) is 9.89. The third-order valence-corrected chi connectivity index (χ3v) is 6.74. The molecule has 0 aliphatic carbocycles. The molecule has 0 unspecified atom stereocenters. The molecule has 0 bridgehead atoms. The van der Waals surface area contributed by atoms with Gasteiger partial charge in [-0.15, -0.1) is 11.3 Å². The topological polar surface area (TPSA) is 80.1 Å². The van der Waals surface area contributed by atoms with E-state index >= 15 is 0 Å². The molecule has 0 saturated carbocycles. The molecule has 2 aromatic heterocycles. The zero-order chi connectivity index (χ0) is 20.8. The molecule has 0 fully saturated rings. The predicted octanol–water partition coefficient (Wildman–Crippen LogP) is 3.79. The van der Waals surface area contributed by atoms with E-state index in [1.54, 1.807) is 6.20 Å². The highest BCUT2D eigenvalue weighted by atomic mass is 32.2. The van der Waals surface area contributed by atoms with Crippen molar-refractivity contribution >= 4 is 50.8 Å². The van der Waals surface area contributed by atoms with Gasteiger partial charge >= 0.3 is 0 Å². The Kier molecular flexibility index (Phi) is 7.27. The van der Waals surface area contributed by atoms with Gasteiger partial charge in [-0.05, 0) is 39.0 Å². The van der Waals surface area contributed by atoms with Gasteiger partial charge in [0, 0.05) is 44.1 Å². The van der Waals surface area contributed by atoms with E-state index in [4.69, 9.17) is 0 Å². The number of thioether (sulfide) groups is 1. The fourth-order valence-corrected chi connectivity index (χ4v) is 4.93. The Morgan fingerprint density at radius 3 is 2.76 bits per heavy atom. The second-order valence-electron chi connectivity index (χ2n) is 6.48. The summed E-state index contributed by atoms with van der Waals surface area (Å²) >= 11 is 3.00. The van der Waals surface area contributed by atoms with E-state index < -0.39 is 0 Å². The van der Waals surface area contributed by atoms with Crippen LogP contribution < -0.4 is 5.32 Å². The smallest absolute Gasteiger partial charge is 0.232 e. The van der Waals surface area contributed by atoms with E-state index in [1.165, 1.54) is 23.1 Å². The lowest BCUT2D eigenvalue weighted by Crippen LogP contribution is -2.31. The van der Waals surface area contributed by atoms with Crippen LogP contribution in [0.5, 0.6) is 0 Å². The number of nitrogens with zero attached hydrogens (tertiary/aromatic N) is 4. The van der Waals surface area contributed by atoms with Crippen LogP contribution in [0.1, 0.15) is 26.1 Å². The van der Waals surface area contributed by atoms with Crippen LogP contribution in [0, 0.1) is 6.92 Å². The van der Waals surface area contributed by atoms with Crippen molar-refractivity contribution in [2.45, 2.75) is 38.1 Å². The molecule has 0 radical (unpaired) electrons. The lowest BCUT2D eigenvalue weighted by Gasteiger charge is -2.17. The van der Waals surface area contributed by atoms with E-state index in [1.807, 2.05) is 54.6 Å². The number of hydrogen-bond donors (Lipinski definition) is 1. The van der Waals surface area contributed by atoms with Crippen LogP contribution in [0.25, 0.3) is 10.2 Å². The molecule has 1 N–H and O–H groups in total. The number of fused-ring (bicyclic) bond motifs is 1. The van der Waals surface area contributed by atoms with E-state index in [0.29, 0.717) is 18.7 Å². The number of rotatable bonds is 9. The summed E-state index contributed by atoms with van der Waals surface area (Å²) in [6.45, 7) is 7.92. The highest BCUT2D eigenvalue weighted by molar-refractivity contribution is 8.01. The van der Waals surface area contributed by atoms with Crippen molar-refractivity contribution in [2.75, 3.05) is 24.2 Å². The minimum atomic E-state index is -0.0404. The first kappa shape index (κ1) is 21.3. The summed E-state index contributed by atoms with van der Waals surface area (Å²) in [6.07, 6.45) is 3.98. The first-order chi connectivity index (χ1) is 14.0. The van der Waals surface area contributed by atoms with Crippen molar-refractivity contribution in [2.24, 2.45) is 0 Å². The van der Waals surface area contributed by atoms with Gasteiger partial charge in [-0.3, -0.25) is 9.59 Å². The van der Waals surface area contributed by atoms with E-state index in [0.717, 1.165) is 39.2 Å². The molecular weight excluding hydrogens is 406 g/mol. The molecule has 2 amide bonds. The molecule has 0 spiro atoms. The van der Waals surface area contributed by atoms with Crippen molar-refractivity contribution < 1.29 is 9.59 Å². The van der Waals surface area contributed by atoms with E-state index in [9.17, 15) is 9.59 Å². The molecule has 2 heterocycles. The van der Waals surface area contributed by atoms with Crippen molar-refractivity contribution in [3.05, 3.63) is 36.4 Å². The second-order valence-corrected chi connectivity index (χ2v) is 8.74. The van der Waals surface area contributed by atoms with Crippen molar-refractivity contribution in [1.29, 1.82) is 0 Å². The summed E-state index contributed by atoms with van der Waals surface area (Å²) in [5, 5.41) is 2.94. The average molecular weight is 432 g/mol. The van der Waals surface area contributed by atoms with Gasteiger partial charge in [0.1, 0.15) is 5.82 Å². The Bertz CT molecular complexity index is 994. The lowest BCUT2D eigenvalue weighted by atomic mass is 10.3. The maximum absolute atomic E-state index is 12.3. The Balaban J connectivity index is 1.57. The quantitative estimate of drug-likeness (QED) is 0.522. The van der Waals surface area contributed by atoms with Gasteiger partial charge in [-0.1, -0.05) is 11.8 Å². The number of benzene rings is 1. The number of aromatic nitrogens is 3. The van der Waals surface area contributed by atoms with Crippen molar-refractivity contribution in [3.63, 3.8) is 0 Å². The summed E-state index contributed by atoms with van der Waals surface area (Å²) in [6, 6.07) is 5.69. The fraction of sp³-hybridized carbons (Fsp3) is 0.400. The maximum atomic E-state index is 12.3. The number of hydrogen-bond acceptors (Lipinski definition) is 6. The van der Waals surface area contributed by atoms with Gasteiger partial charge in [0.15, 0.2) is 4.34 Å². The zero-order valence-corrected chi connectivity index (χ0v) is 18.5. The Morgan fingerprint density at radius 2 is 2.07 bits per heavy atom. The van der Waals surface area contributed by atoms with Gasteiger partial charge in [0.2, 0.25) is 11.8 Å². The zero-order valence-electron chi connectivity index (χ0n) is 16.8. The first-order valence-corrected chi connectivity index (χ1v) is 11.4. The normalized spacial score (nSPS) is 11.0. The molecule has 29 heavy (non-hydrogen) atoms. The van der Waals surface area contributed by atoms with Gasteiger partial charge < -0.3 is 14.8 Å². The third kappa shape index (κ3) is 5.57. The molecule has 0 atom stereocenters. The van der Waals surface area contributed by atoms with Crippen LogP contribution >= 0.6 is 23.1 Å². The molecule has 1 aromatic carbocycles. The predicted molar refractivity (Wildman–Crippen MR) is 118 cm³/mol. The van der Waals surface area contributed by atoms with Crippen LogP contribution in [0.15, 0.2) is 34.9 Å². The minimum Gasteiger partial charge on any atom is -0.343 e. The van der Waals surface area contributed by atoms with Gasteiger partial charge in [0.25, 0.3) is 0 Å². The van der Waals surface area contributed by atoms with Gasteiger partial charge in [-0.2, -0.15) is 0 Å². The number of thiazole rings is 1. The largest absolute Gasteiger partial charge is 0.343 e. The average Bonchev–Trinajstić information content (AvgIpc) is 3.30. The number of carbonyl (C=O) groups excluding carboxylic acids is 2. The minimum absolute atomic E-state index is 0.0404. The number of carbonyl (C=O) groups is 2. The molecule has 3 rings (SSSR count). The van der Waals surface area contributed by atoms with Crippen LogP contribution in [-0.4, -0.2) is 50.1 Å².